The molecule has 0 amide bonds. The molecule has 0 unspecified atom stereocenters. The topological polar surface area (TPSA) is 120 Å². The SMILES string of the molecule is CC(=O)[O-].O=S(=O)([O-])[O-].[Fe+2].[Na+]. The summed E-state index contributed by atoms with van der Waals surface area (Å²) in [5.41, 5.74) is 0. The summed E-state index contributed by atoms with van der Waals surface area (Å²) in [4.78, 5) is 8.89. The number of carboxylic acids is 1. The third-order valence-electron chi connectivity index (χ3n) is 0. The first-order valence-corrected chi connectivity index (χ1v) is 2.91. The van der Waals surface area contributed by atoms with Gasteiger partial charge in [-0.25, -0.2) is 0 Å². The Labute approximate surface area is 96.7 Å². The van der Waals surface area contributed by atoms with Gasteiger partial charge in [0.2, 0.25) is 0 Å². The first-order chi connectivity index (χ1) is 3.73. The molecule has 0 radical (unpaired) electrons. The summed E-state index contributed by atoms with van der Waals surface area (Å²) in [6, 6.07) is 0. The minimum Gasteiger partial charge on any atom is -0.759 e. The van der Waals surface area contributed by atoms with Crippen molar-refractivity contribution < 1.29 is 74.1 Å². The van der Waals surface area contributed by atoms with E-state index in [1.165, 1.54) is 0 Å². The zero-order chi connectivity index (χ0) is 8.08. The summed E-state index contributed by atoms with van der Waals surface area (Å²) >= 11 is 0. The fraction of sp³-hybridized carbons (Fsp3) is 0.500. The minimum atomic E-state index is -5.17. The Morgan fingerprint density at radius 3 is 1.27 bits per heavy atom. The number of hydrogen-bond acceptors (Lipinski definition) is 6. The number of rotatable bonds is 0. The van der Waals surface area contributed by atoms with Gasteiger partial charge in [0.15, 0.2) is 0 Å². The van der Waals surface area contributed by atoms with Crippen LogP contribution in [0.15, 0.2) is 0 Å². The molecule has 0 spiro atoms. The van der Waals surface area contributed by atoms with E-state index in [-0.39, 0.29) is 46.6 Å². The van der Waals surface area contributed by atoms with Crippen molar-refractivity contribution >= 4 is 16.4 Å². The van der Waals surface area contributed by atoms with Gasteiger partial charge in [0.05, 0.1) is 0 Å². The quantitative estimate of drug-likeness (QED) is 0.234. The van der Waals surface area contributed by atoms with Gasteiger partial charge in [0, 0.05) is 16.4 Å². The Balaban J connectivity index is -0.0000000383. The average molecular weight is 234 g/mol. The zero-order valence-electron chi connectivity index (χ0n) is 5.71. The van der Waals surface area contributed by atoms with E-state index in [4.69, 9.17) is 27.4 Å². The predicted molar refractivity (Wildman–Crippen MR) is 21.2 cm³/mol. The molecule has 0 aromatic rings. The predicted octanol–water partition coefficient (Wildman–Crippen LogP) is -5.58. The second kappa shape index (κ2) is 10.9. The molecule has 0 N–H and O–H groups in total. The third-order valence-corrected chi connectivity index (χ3v) is 0. The molecule has 0 atom stereocenters. The van der Waals surface area contributed by atoms with E-state index < -0.39 is 16.4 Å². The van der Waals surface area contributed by atoms with Gasteiger partial charge in [0.25, 0.3) is 0 Å². The van der Waals surface area contributed by atoms with Crippen LogP contribution in [0.1, 0.15) is 6.92 Å². The summed E-state index contributed by atoms with van der Waals surface area (Å²) in [5.74, 6) is -1.08. The number of carbonyl (C=O) groups excluding carboxylic acids is 1. The van der Waals surface area contributed by atoms with Gasteiger partial charge >= 0.3 is 46.6 Å². The van der Waals surface area contributed by atoms with Gasteiger partial charge in [-0.2, -0.15) is 0 Å². The molecule has 0 bridgehead atoms. The largest absolute Gasteiger partial charge is 2.00 e. The molecule has 0 aliphatic rings. The molecule has 9 heteroatoms. The number of carboxylic acid groups (broad SMARTS) is 1. The van der Waals surface area contributed by atoms with Crippen molar-refractivity contribution in [1.29, 1.82) is 0 Å². The van der Waals surface area contributed by atoms with Gasteiger partial charge in [0.1, 0.15) is 0 Å². The van der Waals surface area contributed by atoms with E-state index >= 15 is 0 Å². The number of carbonyl (C=O) groups is 1. The van der Waals surface area contributed by atoms with Gasteiger partial charge in [-0.15, -0.1) is 0 Å². The summed E-state index contributed by atoms with van der Waals surface area (Å²) in [6.45, 7) is 0.972. The van der Waals surface area contributed by atoms with Crippen LogP contribution >= 0.6 is 0 Å². The van der Waals surface area contributed by atoms with Gasteiger partial charge in [-0.05, 0) is 6.92 Å². The molecule has 0 saturated carbocycles. The van der Waals surface area contributed by atoms with Crippen LogP contribution in [0, 0.1) is 0 Å². The van der Waals surface area contributed by atoms with Crippen LogP contribution in [0.2, 0.25) is 0 Å². The Hall–Kier alpha value is 0.859. The molecular formula is C2H3FeNaO6S. The summed E-state index contributed by atoms with van der Waals surface area (Å²) in [7, 11) is -5.17. The molecule has 6 nitrogen and oxygen atoms in total. The van der Waals surface area contributed by atoms with Crippen LogP contribution in [0.5, 0.6) is 0 Å². The molecule has 0 fully saturated rings. The number of hydrogen-bond donors (Lipinski definition) is 0. The van der Waals surface area contributed by atoms with Crippen molar-refractivity contribution in [3.8, 4) is 0 Å². The minimum absolute atomic E-state index is 0. The van der Waals surface area contributed by atoms with Crippen LogP contribution in [0.25, 0.3) is 0 Å². The fourth-order valence-corrected chi connectivity index (χ4v) is 0. The molecular weight excluding hydrogens is 231 g/mol. The Morgan fingerprint density at radius 2 is 1.27 bits per heavy atom. The van der Waals surface area contributed by atoms with E-state index in [0.717, 1.165) is 6.92 Å². The van der Waals surface area contributed by atoms with E-state index in [1.807, 2.05) is 0 Å². The van der Waals surface area contributed by atoms with Crippen molar-refractivity contribution in [2.24, 2.45) is 0 Å². The van der Waals surface area contributed by atoms with Crippen molar-refractivity contribution in [3.63, 3.8) is 0 Å². The molecule has 0 rings (SSSR count). The fourth-order valence-electron chi connectivity index (χ4n) is 0. The van der Waals surface area contributed by atoms with Gasteiger partial charge < -0.3 is 19.0 Å². The second-order valence-corrected chi connectivity index (χ2v) is 1.72. The van der Waals surface area contributed by atoms with Crippen LogP contribution in [0.4, 0.5) is 0 Å². The van der Waals surface area contributed by atoms with Crippen LogP contribution in [-0.4, -0.2) is 23.5 Å². The summed E-state index contributed by atoms with van der Waals surface area (Å²) in [5, 5.41) is 8.89. The van der Waals surface area contributed by atoms with E-state index in [0.29, 0.717) is 0 Å². The Bertz CT molecular complexity index is 163. The van der Waals surface area contributed by atoms with Gasteiger partial charge in [-0.1, -0.05) is 0 Å². The molecule has 0 aromatic carbocycles. The average Bonchev–Trinajstić information content (AvgIpc) is 1.19. The smallest absolute Gasteiger partial charge is 0.759 e. The molecule has 0 aromatic heterocycles. The second-order valence-electron chi connectivity index (χ2n) is 0.900. The maximum atomic E-state index is 8.89. The van der Waals surface area contributed by atoms with Crippen molar-refractivity contribution in [1.82, 2.24) is 0 Å². The van der Waals surface area contributed by atoms with Gasteiger partial charge in [-0.3, -0.25) is 8.42 Å². The first kappa shape index (κ1) is 22.6. The monoisotopic (exact) mass is 234 g/mol. The molecule has 0 aliphatic heterocycles. The summed E-state index contributed by atoms with van der Waals surface area (Å²) < 4.78 is 34.1. The van der Waals surface area contributed by atoms with E-state index in [1.54, 1.807) is 0 Å². The molecule has 0 aliphatic carbocycles. The van der Waals surface area contributed by atoms with Crippen LogP contribution < -0.4 is 34.7 Å². The molecule has 11 heavy (non-hydrogen) atoms. The maximum Gasteiger partial charge on any atom is 2.00 e. The van der Waals surface area contributed by atoms with Crippen molar-refractivity contribution in [2.45, 2.75) is 6.92 Å². The molecule has 0 saturated heterocycles. The van der Waals surface area contributed by atoms with E-state index in [2.05, 4.69) is 0 Å². The number of aliphatic carboxylic acids is 1. The van der Waals surface area contributed by atoms with Crippen LogP contribution in [-0.2, 0) is 32.3 Å². The third kappa shape index (κ3) is 1150. The Kier molecular flexibility index (Phi) is 22.4. The standard InChI is InChI=1S/C2H4O2.Fe.Na.H2O4S/c1-2(3)4;;;1-5(2,3)4/h1H3,(H,3,4);;;(H2,1,2,3,4)/q;+2;+1;/p-3. The summed E-state index contributed by atoms with van der Waals surface area (Å²) in [6.07, 6.45) is 0. The normalized spacial score (nSPS) is 7.55. The van der Waals surface area contributed by atoms with Crippen LogP contribution in [0.3, 0.4) is 0 Å². The maximum absolute atomic E-state index is 8.89. The molecule has 0 heterocycles. The van der Waals surface area contributed by atoms with E-state index in [9.17, 15) is 0 Å². The Morgan fingerprint density at radius 1 is 1.27 bits per heavy atom. The van der Waals surface area contributed by atoms with Crippen molar-refractivity contribution in [3.05, 3.63) is 0 Å². The first-order valence-electron chi connectivity index (χ1n) is 1.57. The zero-order valence-corrected chi connectivity index (χ0v) is 9.63. The van der Waals surface area contributed by atoms with Crippen molar-refractivity contribution in [2.75, 3.05) is 0 Å². The molecule has 62 valence electrons.